The van der Waals surface area contributed by atoms with Crippen molar-refractivity contribution in [2.75, 3.05) is 41.0 Å². The molecule has 5 rings (SSSR count). The Balaban J connectivity index is 1.30. The van der Waals surface area contributed by atoms with Crippen LogP contribution in [-0.4, -0.2) is 62.9 Å². The summed E-state index contributed by atoms with van der Waals surface area (Å²) in [5, 5.41) is 14.2. The number of aromatic nitrogens is 1. The number of aromatic amines is 1. The fourth-order valence-corrected chi connectivity index (χ4v) is 7.04. The zero-order chi connectivity index (χ0) is 34.9. The number of piperidine rings is 1. The van der Waals surface area contributed by atoms with Gasteiger partial charge in [-0.15, -0.1) is 11.3 Å². The fourth-order valence-electron chi connectivity index (χ4n) is 5.66. The minimum Gasteiger partial charge on any atom is -0.508 e. The van der Waals surface area contributed by atoms with Gasteiger partial charge < -0.3 is 29.0 Å². The number of hydrogen-bond acceptors (Lipinski definition) is 10. The number of H-pyrrole nitrogens is 1. The van der Waals surface area contributed by atoms with Gasteiger partial charge in [0.05, 0.1) is 20.8 Å². The number of phenolic OH excluding ortho intramolecular Hbond substituents is 1. The molecule has 2 atom stereocenters. The second-order valence-corrected chi connectivity index (χ2v) is 13.9. The molecule has 2 aromatic heterocycles. The number of hydrogen-bond donors (Lipinski definition) is 2. The van der Waals surface area contributed by atoms with E-state index in [0.29, 0.717) is 55.6 Å². The van der Waals surface area contributed by atoms with Gasteiger partial charge in [0.25, 0.3) is 0 Å². The molecule has 3 N–H and O–H groups in total. The molecule has 10 nitrogen and oxygen atoms in total. The van der Waals surface area contributed by atoms with Crippen LogP contribution in [0, 0.1) is 5.92 Å². The molecule has 0 bridgehead atoms. The fraction of sp³-hybridized carbons (Fsp3) is 0.361. The molecule has 2 unspecified atom stereocenters. The number of halogens is 2. The summed E-state index contributed by atoms with van der Waals surface area (Å²) in [5.74, 6) is 0.420. The zero-order valence-electron chi connectivity index (χ0n) is 27.5. The molecule has 13 heteroatoms. The number of rotatable bonds is 14. The van der Waals surface area contributed by atoms with Gasteiger partial charge in [-0.25, -0.2) is 14.6 Å². The number of esters is 2. The Morgan fingerprint density at radius 3 is 2.43 bits per heavy atom. The molecular formula is C36H40Cl2N3O7S+. The van der Waals surface area contributed by atoms with E-state index in [1.165, 1.54) is 18.4 Å². The summed E-state index contributed by atoms with van der Waals surface area (Å²) in [5.41, 5.74) is 1.86. The van der Waals surface area contributed by atoms with Gasteiger partial charge >= 0.3 is 11.9 Å². The third-order valence-corrected chi connectivity index (χ3v) is 10.2. The van der Waals surface area contributed by atoms with Gasteiger partial charge in [-0.2, -0.15) is 0 Å². The molecule has 260 valence electrons. The van der Waals surface area contributed by atoms with Crippen LogP contribution >= 0.6 is 34.5 Å². The molecule has 0 aliphatic carbocycles. The predicted molar refractivity (Wildman–Crippen MR) is 188 cm³/mol. The van der Waals surface area contributed by atoms with E-state index in [1.54, 1.807) is 68.0 Å². The number of carbonyl (C=O) groups excluding carboxylic acids is 2. The van der Waals surface area contributed by atoms with Crippen LogP contribution in [0.1, 0.15) is 56.2 Å². The molecule has 1 fully saturated rings. The highest BCUT2D eigenvalue weighted by molar-refractivity contribution is 7.13. The molecule has 1 aliphatic heterocycles. The Labute approximate surface area is 299 Å². The first-order valence-corrected chi connectivity index (χ1v) is 17.5. The summed E-state index contributed by atoms with van der Waals surface area (Å²) < 4.78 is 22.7. The lowest BCUT2D eigenvalue weighted by molar-refractivity contribution is -0.377. The first-order chi connectivity index (χ1) is 23.6. The normalized spacial score (nSPS) is 15.0. The number of phenols is 1. The SMILES string of the molecule is COc1ccc(C(Cc2c(Cl)c[nH+]cc2Cl)OC(=O)c2ccc(CNC(C(=O)OCC3CCN(C)CC3)c3cccc(O)c3)s2)cc1OC. The quantitative estimate of drug-likeness (QED) is 0.141. The van der Waals surface area contributed by atoms with Crippen molar-refractivity contribution in [3.05, 3.63) is 103 Å². The van der Waals surface area contributed by atoms with Gasteiger partial charge in [0, 0.05) is 23.4 Å². The number of nitrogens with one attached hydrogen (secondary N) is 2. The average Bonchev–Trinajstić information content (AvgIpc) is 3.58. The molecule has 2 aromatic carbocycles. The minimum atomic E-state index is -0.817. The standard InChI is InChI=1S/C36H39Cl2N3O7S/c1-41-13-11-22(12-14-41)21-47-36(44)34(24-5-4-6-25(42)15-24)40-18-26-8-10-33(49-26)35(43)48-31(17-27-28(37)19-39-20-29(27)38)23-7-9-30(45-2)32(16-23)46-3/h4-10,15-16,19-20,22,31,34,40,42H,11-14,17-18,21H2,1-3H3/p+1. The first kappa shape index (κ1) is 36.4. The second-order valence-electron chi connectivity index (χ2n) is 11.9. The number of methoxy groups -OCH3 is 2. The van der Waals surface area contributed by atoms with E-state index in [0.717, 1.165) is 30.8 Å². The summed E-state index contributed by atoms with van der Waals surface area (Å²) in [6.07, 6.45) is 4.62. The summed E-state index contributed by atoms with van der Waals surface area (Å²) >= 11 is 14.2. The molecule has 1 saturated heterocycles. The maximum absolute atomic E-state index is 13.6. The highest BCUT2D eigenvalue weighted by Crippen LogP contribution is 2.36. The molecule has 0 saturated carbocycles. The second kappa shape index (κ2) is 17.2. The van der Waals surface area contributed by atoms with E-state index in [9.17, 15) is 14.7 Å². The average molecular weight is 730 g/mol. The summed E-state index contributed by atoms with van der Waals surface area (Å²) in [6.45, 7) is 2.56. The maximum atomic E-state index is 13.6. The topological polar surface area (TPSA) is 121 Å². The number of benzene rings is 2. The highest BCUT2D eigenvalue weighted by atomic mass is 35.5. The molecule has 0 spiro atoms. The highest BCUT2D eigenvalue weighted by Gasteiger charge is 2.27. The number of thiophene rings is 1. The summed E-state index contributed by atoms with van der Waals surface area (Å²) in [6, 6.07) is 14.5. The smallest absolute Gasteiger partial charge is 0.348 e. The molecule has 0 amide bonds. The molecule has 3 heterocycles. The number of pyridine rings is 1. The van der Waals surface area contributed by atoms with Crippen molar-refractivity contribution in [2.45, 2.75) is 38.0 Å². The molecule has 0 radical (unpaired) electrons. The van der Waals surface area contributed by atoms with E-state index >= 15 is 0 Å². The van der Waals surface area contributed by atoms with Gasteiger partial charge in [-0.05, 0) is 86.4 Å². The van der Waals surface area contributed by atoms with Crippen LogP contribution in [0.25, 0.3) is 0 Å². The Morgan fingerprint density at radius 2 is 1.73 bits per heavy atom. The minimum absolute atomic E-state index is 0.0498. The van der Waals surface area contributed by atoms with E-state index in [2.05, 4.69) is 22.2 Å². The Bertz CT molecular complexity index is 1730. The molecule has 49 heavy (non-hydrogen) atoms. The Morgan fingerprint density at radius 1 is 1.00 bits per heavy atom. The Kier molecular flexibility index (Phi) is 12.8. The van der Waals surface area contributed by atoms with Crippen molar-refractivity contribution in [3.63, 3.8) is 0 Å². The number of aromatic hydroxyl groups is 1. The maximum Gasteiger partial charge on any atom is 0.348 e. The zero-order valence-corrected chi connectivity index (χ0v) is 29.9. The van der Waals surface area contributed by atoms with Crippen molar-refractivity contribution in [3.8, 4) is 17.2 Å². The van der Waals surface area contributed by atoms with Gasteiger partial charge in [0.1, 0.15) is 32.8 Å². The van der Waals surface area contributed by atoms with Gasteiger partial charge in [-0.1, -0.05) is 41.4 Å². The number of ether oxygens (including phenoxy) is 4. The van der Waals surface area contributed by atoms with Crippen LogP contribution in [0.5, 0.6) is 17.2 Å². The van der Waals surface area contributed by atoms with Gasteiger partial charge in [0.2, 0.25) is 0 Å². The molecule has 4 aromatic rings. The lowest BCUT2D eigenvalue weighted by Crippen LogP contribution is -2.34. The van der Waals surface area contributed by atoms with Gasteiger partial charge in [-0.3, -0.25) is 5.32 Å². The first-order valence-electron chi connectivity index (χ1n) is 15.9. The van der Waals surface area contributed by atoms with Gasteiger partial charge in [0.15, 0.2) is 23.9 Å². The van der Waals surface area contributed by atoms with Crippen molar-refractivity contribution >= 4 is 46.5 Å². The van der Waals surface area contributed by atoms with E-state index in [1.807, 2.05) is 6.07 Å². The van der Waals surface area contributed by atoms with E-state index in [4.69, 9.17) is 42.1 Å². The van der Waals surface area contributed by atoms with Crippen LogP contribution in [0.3, 0.4) is 0 Å². The van der Waals surface area contributed by atoms with Crippen LogP contribution in [0.2, 0.25) is 10.0 Å². The number of nitrogens with zero attached hydrogens (tertiary/aromatic N) is 1. The third kappa shape index (κ3) is 9.64. The van der Waals surface area contributed by atoms with E-state index in [-0.39, 0.29) is 18.7 Å². The van der Waals surface area contributed by atoms with Crippen molar-refractivity contribution in [2.24, 2.45) is 5.92 Å². The van der Waals surface area contributed by atoms with Crippen molar-refractivity contribution in [1.29, 1.82) is 0 Å². The summed E-state index contributed by atoms with van der Waals surface area (Å²) in [4.78, 5) is 33.3. The number of carbonyl (C=O) groups is 2. The van der Waals surface area contributed by atoms with Crippen molar-refractivity contribution < 1.29 is 38.6 Å². The van der Waals surface area contributed by atoms with Crippen LogP contribution in [-0.2, 0) is 27.2 Å². The van der Waals surface area contributed by atoms with Crippen LogP contribution in [0.15, 0.2) is 67.0 Å². The van der Waals surface area contributed by atoms with Crippen molar-refractivity contribution in [1.82, 2.24) is 10.2 Å². The largest absolute Gasteiger partial charge is 0.508 e. The van der Waals surface area contributed by atoms with Crippen LogP contribution in [0.4, 0.5) is 0 Å². The molecular weight excluding hydrogens is 689 g/mol. The molecule has 1 aliphatic rings. The monoisotopic (exact) mass is 728 g/mol. The number of likely N-dealkylation sites (tertiary alicyclic amines) is 1. The summed E-state index contributed by atoms with van der Waals surface area (Å²) in [7, 11) is 5.17. The lowest BCUT2D eigenvalue weighted by atomic mass is 9.98. The third-order valence-electron chi connectivity index (χ3n) is 8.50. The van der Waals surface area contributed by atoms with E-state index < -0.39 is 24.1 Å². The lowest BCUT2D eigenvalue weighted by Gasteiger charge is -2.29. The van der Waals surface area contributed by atoms with Crippen LogP contribution < -0.4 is 19.8 Å². The predicted octanol–water partition coefficient (Wildman–Crippen LogP) is 6.45. The Hall–Kier alpha value is -3.87.